The van der Waals surface area contributed by atoms with Gasteiger partial charge in [0.15, 0.2) is 0 Å². The topological polar surface area (TPSA) is 75.1 Å². The van der Waals surface area contributed by atoms with E-state index in [1.807, 2.05) is 0 Å². The van der Waals surface area contributed by atoms with Crippen LogP contribution < -0.4 is 5.32 Å². The minimum atomic E-state index is -0.780. The van der Waals surface area contributed by atoms with Gasteiger partial charge in [-0.05, 0) is 31.1 Å². The van der Waals surface area contributed by atoms with E-state index in [1.54, 1.807) is 6.33 Å². The average Bonchev–Trinajstić information content (AvgIpc) is 2.74. The van der Waals surface area contributed by atoms with Crippen molar-refractivity contribution in [3.63, 3.8) is 0 Å². The minimum Gasteiger partial charge on any atom is -0.481 e. The Kier molecular flexibility index (Phi) is 4.26. The molecule has 1 atom stereocenters. The largest absolute Gasteiger partial charge is 0.481 e. The lowest BCUT2D eigenvalue weighted by atomic mass is 9.87. The molecule has 1 aromatic heterocycles. The normalized spacial score (nSPS) is 15.8. The van der Waals surface area contributed by atoms with Crippen molar-refractivity contribution in [2.24, 2.45) is 5.41 Å². The third-order valence-electron chi connectivity index (χ3n) is 3.50. The number of fused-ring (bicyclic) bond motifs is 1. The first-order valence-electron chi connectivity index (χ1n) is 7.16. The lowest BCUT2D eigenvalue weighted by molar-refractivity contribution is -0.137. The van der Waals surface area contributed by atoms with Crippen molar-refractivity contribution in [3.8, 4) is 0 Å². The van der Waals surface area contributed by atoms with Crippen LogP contribution in [0.3, 0.4) is 0 Å². The number of aliphatic carboxylic acids is 1. The molecular weight excluding hydrogens is 254 g/mol. The van der Waals surface area contributed by atoms with Gasteiger partial charge in [0.1, 0.15) is 12.1 Å². The first-order valence-corrected chi connectivity index (χ1v) is 7.16. The van der Waals surface area contributed by atoms with Gasteiger partial charge in [0.05, 0.1) is 6.42 Å². The van der Waals surface area contributed by atoms with Crippen molar-refractivity contribution >= 4 is 11.8 Å². The third kappa shape index (κ3) is 3.92. The first kappa shape index (κ1) is 14.8. The van der Waals surface area contributed by atoms with Gasteiger partial charge in [-0.2, -0.15) is 0 Å². The molecule has 0 bridgehead atoms. The summed E-state index contributed by atoms with van der Waals surface area (Å²) >= 11 is 0. The predicted octanol–water partition coefficient (Wildman–Crippen LogP) is 2.66. The lowest BCUT2D eigenvalue weighted by Gasteiger charge is -2.26. The number of carboxylic acids is 1. The van der Waals surface area contributed by atoms with E-state index in [9.17, 15) is 4.79 Å². The highest BCUT2D eigenvalue weighted by molar-refractivity contribution is 5.68. The number of aryl methyl sites for hydroxylation is 1. The second kappa shape index (κ2) is 5.77. The number of hydrogen-bond donors (Lipinski definition) is 2. The second-order valence-electron chi connectivity index (χ2n) is 6.70. The van der Waals surface area contributed by atoms with Crippen LogP contribution >= 0.6 is 0 Å². The summed E-state index contributed by atoms with van der Waals surface area (Å²) in [6, 6.07) is -0.105. The van der Waals surface area contributed by atoms with Crippen LogP contribution in [0.15, 0.2) is 6.33 Å². The fourth-order valence-electron chi connectivity index (χ4n) is 2.80. The van der Waals surface area contributed by atoms with Crippen molar-refractivity contribution in [1.29, 1.82) is 0 Å². The fourth-order valence-corrected chi connectivity index (χ4v) is 2.80. The number of nitrogens with zero attached hydrogens (tertiary/aromatic N) is 2. The van der Waals surface area contributed by atoms with Crippen LogP contribution in [-0.2, 0) is 17.6 Å². The number of nitrogens with one attached hydrogen (secondary N) is 1. The number of aromatic nitrogens is 2. The molecule has 0 saturated carbocycles. The number of carbonyl (C=O) groups is 1. The standard InChI is InChI=1S/C15H23N3O2/c1-15(2,3)8-10(7-13(19)20)18-14-11-5-4-6-12(11)16-9-17-14/h9-10H,4-8H2,1-3H3,(H,19,20)(H,16,17,18). The molecule has 1 aliphatic carbocycles. The molecule has 0 spiro atoms. The molecule has 1 aromatic rings. The highest BCUT2D eigenvalue weighted by Gasteiger charge is 2.24. The zero-order valence-electron chi connectivity index (χ0n) is 12.4. The van der Waals surface area contributed by atoms with Gasteiger partial charge in [0, 0.05) is 17.3 Å². The zero-order valence-corrected chi connectivity index (χ0v) is 12.4. The SMILES string of the molecule is CC(C)(C)CC(CC(=O)O)Nc1ncnc2c1CCC2. The monoisotopic (exact) mass is 277 g/mol. The highest BCUT2D eigenvalue weighted by atomic mass is 16.4. The number of anilines is 1. The van der Waals surface area contributed by atoms with Crippen molar-refractivity contribution in [1.82, 2.24) is 9.97 Å². The van der Waals surface area contributed by atoms with E-state index in [1.165, 1.54) is 0 Å². The molecule has 5 heteroatoms. The molecule has 110 valence electrons. The van der Waals surface area contributed by atoms with Gasteiger partial charge in [-0.25, -0.2) is 9.97 Å². The van der Waals surface area contributed by atoms with E-state index in [0.717, 1.165) is 42.8 Å². The van der Waals surface area contributed by atoms with Crippen LogP contribution in [0, 0.1) is 5.41 Å². The zero-order chi connectivity index (χ0) is 14.8. The summed E-state index contributed by atoms with van der Waals surface area (Å²) in [5.41, 5.74) is 2.34. The van der Waals surface area contributed by atoms with Crippen LogP contribution in [0.2, 0.25) is 0 Å². The predicted molar refractivity (Wildman–Crippen MR) is 77.8 cm³/mol. The summed E-state index contributed by atoms with van der Waals surface area (Å²) in [7, 11) is 0. The molecule has 0 aromatic carbocycles. The molecule has 2 N–H and O–H groups in total. The molecule has 1 unspecified atom stereocenters. The highest BCUT2D eigenvalue weighted by Crippen LogP contribution is 2.28. The molecule has 0 radical (unpaired) electrons. The smallest absolute Gasteiger partial charge is 0.305 e. The van der Waals surface area contributed by atoms with Crippen LogP contribution in [0.5, 0.6) is 0 Å². The molecule has 2 rings (SSSR count). The summed E-state index contributed by atoms with van der Waals surface area (Å²) in [5, 5.41) is 12.4. The molecule has 0 saturated heterocycles. The van der Waals surface area contributed by atoms with E-state index >= 15 is 0 Å². The summed E-state index contributed by atoms with van der Waals surface area (Å²) < 4.78 is 0. The van der Waals surface area contributed by atoms with E-state index in [0.29, 0.717) is 0 Å². The molecule has 0 aliphatic heterocycles. The Morgan fingerprint density at radius 2 is 2.15 bits per heavy atom. The van der Waals surface area contributed by atoms with Gasteiger partial charge in [-0.3, -0.25) is 4.79 Å². The second-order valence-corrected chi connectivity index (χ2v) is 6.70. The van der Waals surface area contributed by atoms with E-state index < -0.39 is 5.97 Å². The summed E-state index contributed by atoms with van der Waals surface area (Å²) in [6.07, 6.45) is 5.55. The lowest BCUT2D eigenvalue weighted by Crippen LogP contribution is -2.29. The van der Waals surface area contributed by atoms with Crippen LogP contribution in [-0.4, -0.2) is 27.1 Å². The van der Waals surface area contributed by atoms with Gasteiger partial charge >= 0.3 is 5.97 Å². The Balaban J connectivity index is 2.15. The van der Waals surface area contributed by atoms with Gasteiger partial charge < -0.3 is 10.4 Å². The van der Waals surface area contributed by atoms with Gasteiger partial charge in [0.2, 0.25) is 0 Å². The molecular formula is C15H23N3O2. The molecule has 1 aliphatic rings. The first-order chi connectivity index (χ1) is 9.35. The van der Waals surface area contributed by atoms with E-state index in [4.69, 9.17) is 5.11 Å². The fraction of sp³-hybridized carbons (Fsp3) is 0.667. The van der Waals surface area contributed by atoms with Gasteiger partial charge in [-0.1, -0.05) is 20.8 Å². The van der Waals surface area contributed by atoms with Crippen LogP contribution in [0.4, 0.5) is 5.82 Å². The Morgan fingerprint density at radius 1 is 1.40 bits per heavy atom. The van der Waals surface area contributed by atoms with Crippen molar-refractivity contribution < 1.29 is 9.90 Å². The molecule has 0 amide bonds. The molecule has 0 fully saturated rings. The maximum absolute atomic E-state index is 11.0. The summed E-state index contributed by atoms with van der Waals surface area (Å²) in [6.45, 7) is 6.36. The molecule has 20 heavy (non-hydrogen) atoms. The minimum absolute atomic E-state index is 0.0727. The summed E-state index contributed by atoms with van der Waals surface area (Å²) in [4.78, 5) is 19.7. The van der Waals surface area contributed by atoms with E-state index in [-0.39, 0.29) is 17.9 Å². The van der Waals surface area contributed by atoms with Gasteiger partial charge in [-0.15, -0.1) is 0 Å². The number of hydrogen-bond acceptors (Lipinski definition) is 4. The van der Waals surface area contributed by atoms with Crippen LogP contribution in [0.25, 0.3) is 0 Å². The Bertz CT molecular complexity index is 494. The average molecular weight is 277 g/mol. The summed E-state index contributed by atoms with van der Waals surface area (Å²) in [5.74, 6) is 0.0421. The third-order valence-corrected chi connectivity index (χ3v) is 3.50. The number of carboxylic acid groups (broad SMARTS) is 1. The van der Waals surface area contributed by atoms with Crippen LogP contribution in [0.1, 0.15) is 51.3 Å². The quantitative estimate of drug-likeness (QED) is 0.865. The Hall–Kier alpha value is -1.65. The van der Waals surface area contributed by atoms with Crippen molar-refractivity contribution in [2.75, 3.05) is 5.32 Å². The molecule has 1 heterocycles. The molecule has 5 nitrogen and oxygen atoms in total. The van der Waals surface area contributed by atoms with Crippen molar-refractivity contribution in [2.45, 2.75) is 58.9 Å². The van der Waals surface area contributed by atoms with Crippen molar-refractivity contribution in [3.05, 3.63) is 17.6 Å². The Morgan fingerprint density at radius 3 is 2.80 bits per heavy atom. The van der Waals surface area contributed by atoms with E-state index in [2.05, 4.69) is 36.1 Å². The van der Waals surface area contributed by atoms with Gasteiger partial charge in [0.25, 0.3) is 0 Å². The maximum atomic E-state index is 11.0. The Labute approximate surface area is 119 Å². The maximum Gasteiger partial charge on any atom is 0.305 e. The number of rotatable bonds is 5.